The maximum atomic E-state index is 5.72. The summed E-state index contributed by atoms with van der Waals surface area (Å²) in [5, 5.41) is 7.84. The second-order valence-electron chi connectivity index (χ2n) is 4.02. The molecule has 0 aliphatic heterocycles. The summed E-state index contributed by atoms with van der Waals surface area (Å²) >= 11 is 0. The van der Waals surface area contributed by atoms with Crippen LogP contribution >= 0.6 is 0 Å². The number of ether oxygens (including phenoxy) is 2. The molecule has 2 aromatic rings. The zero-order valence-electron chi connectivity index (χ0n) is 11.2. The summed E-state index contributed by atoms with van der Waals surface area (Å²) in [5.74, 6) is 2.10. The summed E-state index contributed by atoms with van der Waals surface area (Å²) in [6.07, 6.45) is 0.807. The van der Waals surface area contributed by atoms with Crippen molar-refractivity contribution >= 4 is 5.82 Å². The van der Waals surface area contributed by atoms with Crippen molar-refractivity contribution in [1.82, 2.24) is 15.0 Å². The number of aromatic nitrogens is 3. The molecule has 1 aromatic carbocycles. The number of nitrogens with zero attached hydrogens (tertiary/aromatic N) is 3. The van der Waals surface area contributed by atoms with Gasteiger partial charge in [0.15, 0.2) is 5.82 Å². The lowest BCUT2D eigenvalue weighted by atomic mass is 10.3. The standard InChI is InChI=1S/C13H18N4O2/c1-3-12-13(14)15-16-17(12)8-9-19-11-6-4-10(18-2)5-7-11/h4-7H,3,8-9,14H2,1-2H3. The third-order valence-electron chi connectivity index (χ3n) is 2.83. The second kappa shape index (κ2) is 6.08. The van der Waals surface area contributed by atoms with E-state index >= 15 is 0 Å². The molecule has 102 valence electrons. The van der Waals surface area contributed by atoms with Gasteiger partial charge in [-0.15, -0.1) is 5.10 Å². The van der Waals surface area contributed by atoms with Crippen molar-refractivity contribution in [1.29, 1.82) is 0 Å². The van der Waals surface area contributed by atoms with Gasteiger partial charge in [-0.25, -0.2) is 4.68 Å². The molecule has 0 radical (unpaired) electrons. The van der Waals surface area contributed by atoms with Gasteiger partial charge in [-0.3, -0.25) is 0 Å². The molecule has 0 saturated heterocycles. The van der Waals surface area contributed by atoms with Crippen molar-refractivity contribution in [3.05, 3.63) is 30.0 Å². The molecule has 0 atom stereocenters. The summed E-state index contributed by atoms with van der Waals surface area (Å²) < 4.78 is 12.5. The number of nitrogens with two attached hydrogens (primary N) is 1. The highest BCUT2D eigenvalue weighted by Crippen LogP contribution is 2.17. The number of hydrogen-bond acceptors (Lipinski definition) is 5. The zero-order chi connectivity index (χ0) is 13.7. The lowest BCUT2D eigenvalue weighted by molar-refractivity contribution is 0.287. The highest BCUT2D eigenvalue weighted by Gasteiger charge is 2.07. The minimum absolute atomic E-state index is 0.493. The van der Waals surface area contributed by atoms with Gasteiger partial charge in [-0.05, 0) is 30.7 Å². The molecular weight excluding hydrogens is 244 g/mol. The van der Waals surface area contributed by atoms with Crippen LogP contribution in [0.3, 0.4) is 0 Å². The molecule has 0 spiro atoms. The van der Waals surface area contributed by atoms with Gasteiger partial charge in [0.2, 0.25) is 0 Å². The Morgan fingerprint density at radius 1 is 1.21 bits per heavy atom. The third kappa shape index (κ3) is 3.15. The quantitative estimate of drug-likeness (QED) is 0.854. The van der Waals surface area contributed by atoms with E-state index in [2.05, 4.69) is 10.3 Å². The Labute approximate surface area is 112 Å². The summed E-state index contributed by atoms with van der Waals surface area (Å²) in [7, 11) is 1.64. The Morgan fingerprint density at radius 2 is 1.89 bits per heavy atom. The molecular formula is C13H18N4O2. The van der Waals surface area contributed by atoms with E-state index in [1.807, 2.05) is 31.2 Å². The van der Waals surface area contributed by atoms with Gasteiger partial charge in [0.1, 0.15) is 18.1 Å². The Morgan fingerprint density at radius 3 is 2.53 bits per heavy atom. The third-order valence-corrected chi connectivity index (χ3v) is 2.83. The molecule has 1 heterocycles. The van der Waals surface area contributed by atoms with Crippen LogP contribution in [0.5, 0.6) is 11.5 Å². The number of rotatable bonds is 6. The van der Waals surface area contributed by atoms with Crippen LogP contribution in [0.2, 0.25) is 0 Å². The van der Waals surface area contributed by atoms with Gasteiger partial charge in [0.25, 0.3) is 0 Å². The maximum Gasteiger partial charge on any atom is 0.169 e. The van der Waals surface area contributed by atoms with Gasteiger partial charge in [0, 0.05) is 0 Å². The van der Waals surface area contributed by atoms with E-state index < -0.39 is 0 Å². The van der Waals surface area contributed by atoms with Gasteiger partial charge >= 0.3 is 0 Å². The van der Waals surface area contributed by atoms with Crippen molar-refractivity contribution in [3.63, 3.8) is 0 Å². The van der Waals surface area contributed by atoms with Crippen LogP contribution in [0.4, 0.5) is 5.82 Å². The van der Waals surface area contributed by atoms with Crippen LogP contribution in [-0.4, -0.2) is 28.7 Å². The molecule has 6 nitrogen and oxygen atoms in total. The van der Waals surface area contributed by atoms with E-state index in [1.165, 1.54) is 0 Å². The Bertz CT molecular complexity index is 522. The van der Waals surface area contributed by atoms with Gasteiger partial charge in [-0.1, -0.05) is 12.1 Å². The summed E-state index contributed by atoms with van der Waals surface area (Å²) in [5.41, 5.74) is 6.66. The van der Waals surface area contributed by atoms with Crippen molar-refractivity contribution in [2.75, 3.05) is 19.5 Å². The molecule has 0 unspecified atom stereocenters. The number of benzene rings is 1. The summed E-state index contributed by atoms with van der Waals surface area (Å²) in [6.45, 7) is 3.16. The SMILES string of the molecule is CCc1c(N)nnn1CCOc1ccc(OC)cc1. The van der Waals surface area contributed by atoms with Crippen LogP contribution in [0, 0.1) is 0 Å². The van der Waals surface area contributed by atoms with Crippen LogP contribution in [0.1, 0.15) is 12.6 Å². The van der Waals surface area contributed by atoms with Crippen LogP contribution in [0.25, 0.3) is 0 Å². The highest BCUT2D eigenvalue weighted by molar-refractivity contribution is 5.33. The van der Waals surface area contributed by atoms with Gasteiger partial charge in [-0.2, -0.15) is 0 Å². The van der Waals surface area contributed by atoms with E-state index in [9.17, 15) is 0 Å². The fraction of sp³-hybridized carbons (Fsp3) is 0.385. The van der Waals surface area contributed by atoms with E-state index in [1.54, 1.807) is 11.8 Å². The summed E-state index contributed by atoms with van der Waals surface area (Å²) in [4.78, 5) is 0. The predicted octanol–water partition coefficient (Wildman–Crippen LogP) is 1.51. The monoisotopic (exact) mass is 262 g/mol. The molecule has 2 rings (SSSR count). The Hall–Kier alpha value is -2.24. The molecule has 0 aliphatic carbocycles. The maximum absolute atomic E-state index is 5.72. The fourth-order valence-corrected chi connectivity index (χ4v) is 1.81. The lowest BCUT2D eigenvalue weighted by Crippen LogP contribution is -2.12. The minimum atomic E-state index is 0.493. The first-order valence-corrected chi connectivity index (χ1v) is 6.19. The topological polar surface area (TPSA) is 75.2 Å². The van der Waals surface area contributed by atoms with E-state index in [-0.39, 0.29) is 0 Å². The average Bonchev–Trinajstić information content (AvgIpc) is 2.80. The molecule has 0 fully saturated rings. The van der Waals surface area contributed by atoms with E-state index in [0.29, 0.717) is 19.0 Å². The van der Waals surface area contributed by atoms with E-state index in [0.717, 1.165) is 23.6 Å². The largest absolute Gasteiger partial charge is 0.497 e. The normalized spacial score (nSPS) is 10.4. The zero-order valence-corrected chi connectivity index (χ0v) is 11.2. The van der Waals surface area contributed by atoms with Crippen LogP contribution in [-0.2, 0) is 13.0 Å². The Balaban J connectivity index is 1.88. The first-order valence-electron chi connectivity index (χ1n) is 6.19. The molecule has 0 aliphatic rings. The van der Waals surface area contributed by atoms with Gasteiger partial charge in [0.05, 0.1) is 19.3 Å². The molecule has 0 amide bonds. The number of hydrogen-bond donors (Lipinski definition) is 1. The van der Waals surface area contributed by atoms with Crippen LogP contribution < -0.4 is 15.2 Å². The smallest absolute Gasteiger partial charge is 0.169 e. The number of nitrogen functional groups attached to an aromatic ring is 1. The van der Waals surface area contributed by atoms with E-state index in [4.69, 9.17) is 15.2 Å². The molecule has 1 aromatic heterocycles. The predicted molar refractivity (Wildman–Crippen MR) is 72.3 cm³/mol. The molecule has 19 heavy (non-hydrogen) atoms. The Kier molecular flexibility index (Phi) is 4.22. The van der Waals surface area contributed by atoms with Crippen molar-refractivity contribution in [3.8, 4) is 11.5 Å². The first kappa shape index (κ1) is 13.2. The highest BCUT2D eigenvalue weighted by atomic mass is 16.5. The minimum Gasteiger partial charge on any atom is -0.497 e. The molecule has 2 N–H and O–H groups in total. The molecule has 6 heteroatoms. The van der Waals surface area contributed by atoms with Gasteiger partial charge < -0.3 is 15.2 Å². The summed E-state index contributed by atoms with van der Waals surface area (Å²) in [6, 6.07) is 7.46. The number of methoxy groups -OCH3 is 1. The molecule has 0 saturated carbocycles. The van der Waals surface area contributed by atoms with Crippen molar-refractivity contribution in [2.45, 2.75) is 19.9 Å². The van der Waals surface area contributed by atoms with Crippen molar-refractivity contribution < 1.29 is 9.47 Å². The van der Waals surface area contributed by atoms with Crippen molar-refractivity contribution in [2.24, 2.45) is 0 Å². The average molecular weight is 262 g/mol. The number of anilines is 1. The molecule has 0 bridgehead atoms. The first-order chi connectivity index (χ1) is 9.24. The fourth-order valence-electron chi connectivity index (χ4n) is 1.81. The van der Waals surface area contributed by atoms with Crippen LogP contribution in [0.15, 0.2) is 24.3 Å². The lowest BCUT2D eigenvalue weighted by Gasteiger charge is -2.08. The second-order valence-corrected chi connectivity index (χ2v) is 4.02.